The summed E-state index contributed by atoms with van der Waals surface area (Å²) < 4.78 is 7.46. The fourth-order valence-electron chi connectivity index (χ4n) is 3.76. The van der Waals surface area contributed by atoms with Crippen LogP contribution >= 0.6 is 0 Å². The van der Waals surface area contributed by atoms with Gasteiger partial charge in [0.05, 0.1) is 19.0 Å². The molecule has 2 aromatic rings. The Bertz CT molecular complexity index is 704. The van der Waals surface area contributed by atoms with E-state index in [1.165, 1.54) is 5.69 Å². The number of aromatic nitrogens is 2. The SMILES string of the molecule is COc1ccc2c(c1)C(=O)CC21CCCc2cncn21. The van der Waals surface area contributed by atoms with Crippen LogP contribution in [-0.4, -0.2) is 22.4 Å². The first-order chi connectivity index (χ1) is 9.74. The van der Waals surface area contributed by atoms with Gasteiger partial charge in [-0.25, -0.2) is 4.98 Å². The number of ether oxygens (including phenoxy) is 1. The summed E-state index contributed by atoms with van der Waals surface area (Å²) in [5, 5.41) is 0. The molecule has 4 heteroatoms. The molecule has 102 valence electrons. The van der Waals surface area contributed by atoms with Gasteiger partial charge in [-0.1, -0.05) is 6.07 Å². The Labute approximate surface area is 117 Å². The minimum Gasteiger partial charge on any atom is -0.497 e. The fourth-order valence-corrected chi connectivity index (χ4v) is 3.76. The topological polar surface area (TPSA) is 44.1 Å². The van der Waals surface area contributed by atoms with Gasteiger partial charge in [0.25, 0.3) is 0 Å². The molecule has 20 heavy (non-hydrogen) atoms. The van der Waals surface area contributed by atoms with Crippen molar-refractivity contribution in [2.45, 2.75) is 31.2 Å². The standard InChI is InChI=1S/C16H16N2O2/c1-20-12-4-5-14-13(7-12)15(19)8-16(14)6-2-3-11-9-17-10-18(11)16/h4-5,7,9-10H,2-3,6,8H2,1H3. The van der Waals surface area contributed by atoms with E-state index >= 15 is 0 Å². The molecule has 1 atom stereocenters. The molecule has 0 bridgehead atoms. The molecule has 1 aromatic heterocycles. The van der Waals surface area contributed by atoms with Gasteiger partial charge in [0.15, 0.2) is 5.78 Å². The third-order valence-corrected chi connectivity index (χ3v) is 4.68. The van der Waals surface area contributed by atoms with Crippen LogP contribution in [0.4, 0.5) is 0 Å². The molecule has 0 fully saturated rings. The van der Waals surface area contributed by atoms with Gasteiger partial charge in [0.1, 0.15) is 5.75 Å². The molecule has 4 nitrogen and oxygen atoms in total. The quantitative estimate of drug-likeness (QED) is 0.798. The van der Waals surface area contributed by atoms with Gasteiger partial charge in [0, 0.05) is 23.9 Å². The van der Waals surface area contributed by atoms with Crippen molar-refractivity contribution in [2.75, 3.05) is 7.11 Å². The van der Waals surface area contributed by atoms with Gasteiger partial charge < -0.3 is 9.30 Å². The van der Waals surface area contributed by atoms with Crippen LogP contribution < -0.4 is 4.74 Å². The normalized spacial score (nSPS) is 23.8. The third-order valence-electron chi connectivity index (χ3n) is 4.68. The van der Waals surface area contributed by atoms with Crippen LogP contribution in [0.3, 0.4) is 0 Å². The first-order valence-electron chi connectivity index (χ1n) is 6.98. The summed E-state index contributed by atoms with van der Waals surface area (Å²) in [6.07, 6.45) is 7.49. The number of carbonyl (C=O) groups is 1. The van der Waals surface area contributed by atoms with Crippen molar-refractivity contribution in [3.05, 3.63) is 47.5 Å². The molecule has 0 saturated heterocycles. The lowest BCUT2D eigenvalue weighted by Gasteiger charge is -2.36. The van der Waals surface area contributed by atoms with E-state index in [1.807, 2.05) is 30.7 Å². The van der Waals surface area contributed by atoms with Gasteiger partial charge >= 0.3 is 0 Å². The van der Waals surface area contributed by atoms with Crippen LogP contribution in [0, 0.1) is 0 Å². The zero-order chi connectivity index (χ0) is 13.7. The summed E-state index contributed by atoms with van der Waals surface area (Å²) in [6.45, 7) is 0. The van der Waals surface area contributed by atoms with Crippen LogP contribution in [0.15, 0.2) is 30.7 Å². The number of Topliss-reactive ketones (excluding diaryl/α,β-unsaturated/α-hetero) is 1. The van der Waals surface area contributed by atoms with Crippen molar-refractivity contribution < 1.29 is 9.53 Å². The molecule has 0 saturated carbocycles. The maximum absolute atomic E-state index is 12.4. The molecule has 2 aliphatic rings. The average Bonchev–Trinajstić information content (AvgIpc) is 3.05. The van der Waals surface area contributed by atoms with Crippen LogP contribution in [0.25, 0.3) is 0 Å². The lowest BCUT2D eigenvalue weighted by molar-refractivity contribution is 0.0957. The van der Waals surface area contributed by atoms with E-state index < -0.39 is 0 Å². The molecular weight excluding hydrogens is 252 g/mol. The minimum atomic E-state index is -0.219. The lowest BCUT2D eigenvalue weighted by Crippen LogP contribution is -2.36. The molecule has 4 rings (SSSR count). The van der Waals surface area contributed by atoms with Crippen LogP contribution in [0.5, 0.6) is 5.75 Å². The number of carbonyl (C=O) groups excluding carboxylic acids is 1. The zero-order valence-electron chi connectivity index (χ0n) is 11.4. The molecule has 1 unspecified atom stereocenters. The number of ketones is 1. The average molecular weight is 268 g/mol. The number of aryl methyl sites for hydroxylation is 1. The van der Waals surface area contributed by atoms with Crippen LogP contribution in [-0.2, 0) is 12.0 Å². The third kappa shape index (κ3) is 1.36. The largest absolute Gasteiger partial charge is 0.497 e. The highest BCUT2D eigenvalue weighted by atomic mass is 16.5. The van der Waals surface area contributed by atoms with E-state index in [-0.39, 0.29) is 11.3 Å². The van der Waals surface area contributed by atoms with E-state index in [1.54, 1.807) is 7.11 Å². The molecule has 0 N–H and O–H groups in total. The Balaban J connectivity index is 1.95. The van der Waals surface area contributed by atoms with E-state index in [0.29, 0.717) is 6.42 Å². The predicted octanol–water partition coefficient (Wildman–Crippen LogP) is 2.56. The number of fused-ring (bicyclic) bond motifs is 4. The number of nitrogens with zero attached hydrogens (tertiary/aromatic N) is 2. The van der Waals surface area contributed by atoms with Gasteiger partial charge in [-0.05, 0) is 37.0 Å². The summed E-state index contributed by atoms with van der Waals surface area (Å²) in [7, 11) is 1.63. The predicted molar refractivity (Wildman–Crippen MR) is 74.2 cm³/mol. The van der Waals surface area contributed by atoms with Crippen molar-refractivity contribution in [3.63, 3.8) is 0 Å². The lowest BCUT2D eigenvalue weighted by atomic mass is 9.83. The van der Waals surface area contributed by atoms with E-state index in [2.05, 4.69) is 9.55 Å². The highest BCUT2D eigenvalue weighted by Crippen LogP contribution is 2.47. The summed E-state index contributed by atoms with van der Waals surface area (Å²) in [4.78, 5) is 16.7. The summed E-state index contributed by atoms with van der Waals surface area (Å²) in [5.74, 6) is 0.955. The van der Waals surface area contributed by atoms with E-state index in [4.69, 9.17) is 4.74 Å². The summed E-state index contributed by atoms with van der Waals surface area (Å²) in [5.41, 5.74) is 2.95. The molecule has 1 aliphatic carbocycles. The first-order valence-corrected chi connectivity index (χ1v) is 6.98. The number of benzene rings is 1. The summed E-state index contributed by atoms with van der Waals surface area (Å²) >= 11 is 0. The van der Waals surface area contributed by atoms with Crippen molar-refractivity contribution >= 4 is 5.78 Å². The van der Waals surface area contributed by atoms with Crippen molar-refractivity contribution in [3.8, 4) is 5.75 Å². The van der Waals surface area contributed by atoms with Crippen LogP contribution in [0.2, 0.25) is 0 Å². The molecule has 1 spiro atoms. The van der Waals surface area contributed by atoms with E-state index in [0.717, 1.165) is 36.1 Å². The number of hydrogen-bond donors (Lipinski definition) is 0. The van der Waals surface area contributed by atoms with Gasteiger partial charge in [-0.2, -0.15) is 0 Å². The van der Waals surface area contributed by atoms with Gasteiger partial charge in [-0.15, -0.1) is 0 Å². The maximum atomic E-state index is 12.4. The summed E-state index contributed by atoms with van der Waals surface area (Å²) in [6, 6.07) is 5.87. The molecule has 2 heterocycles. The molecule has 0 amide bonds. The number of methoxy groups -OCH3 is 1. The Morgan fingerprint density at radius 3 is 3.15 bits per heavy atom. The maximum Gasteiger partial charge on any atom is 0.166 e. The van der Waals surface area contributed by atoms with Crippen molar-refractivity contribution in [2.24, 2.45) is 0 Å². The minimum absolute atomic E-state index is 0.209. The highest BCUT2D eigenvalue weighted by Gasteiger charge is 2.46. The zero-order valence-corrected chi connectivity index (χ0v) is 11.4. The van der Waals surface area contributed by atoms with Crippen molar-refractivity contribution in [1.29, 1.82) is 0 Å². The second kappa shape index (κ2) is 3.95. The smallest absolute Gasteiger partial charge is 0.166 e. The molecule has 0 radical (unpaired) electrons. The fraction of sp³-hybridized carbons (Fsp3) is 0.375. The van der Waals surface area contributed by atoms with E-state index in [9.17, 15) is 4.79 Å². The van der Waals surface area contributed by atoms with Crippen molar-refractivity contribution in [1.82, 2.24) is 9.55 Å². The highest BCUT2D eigenvalue weighted by molar-refractivity contribution is 6.02. The van der Waals surface area contributed by atoms with Gasteiger partial charge in [-0.3, -0.25) is 4.79 Å². The Morgan fingerprint density at radius 1 is 1.40 bits per heavy atom. The number of imidazole rings is 1. The molecule has 1 aliphatic heterocycles. The second-order valence-corrected chi connectivity index (χ2v) is 5.65. The van der Waals surface area contributed by atoms with Gasteiger partial charge in [0.2, 0.25) is 0 Å². The Morgan fingerprint density at radius 2 is 2.30 bits per heavy atom. The molecular formula is C16H16N2O2. The van der Waals surface area contributed by atoms with Crippen LogP contribution in [0.1, 0.15) is 40.9 Å². The number of hydrogen-bond acceptors (Lipinski definition) is 3. The Kier molecular flexibility index (Phi) is 2.31. The monoisotopic (exact) mass is 268 g/mol. The Hall–Kier alpha value is -2.10. The second-order valence-electron chi connectivity index (χ2n) is 5.65. The molecule has 1 aromatic carbocycles. The number of rotatable bonds is 1. The first kappa shape index (κ1) is 11.7.